The van der Waals surface area contributed by atoms with Crippen LogP contribution in [0.25, 0.3) is 0 Å². The maximum atomic E-state index is 12.9. The summed E-state index contributed by atoms with van der Waals surface area (Å²) in [7, 11) is 1.42. The van der Waals surface area contributed by atoms with Gasteiger partial charge in [0.05, 0.1) is 0 Å². The third kappa shape index (κ3) is 3.10. The maximum absolute atomic E-state index is 12.9. The molecule has 4 heteroatoms. The molecule has 2 nitrogen and oxygen atoms in total. The first-order valence-electron chi connectivity index (χ1n) is 4.88. The minimum absolute atomic E-state index is 0.0461. The Bertz CT molecular complexity index is 380. The summed E-state index contributed by atoms with van der Waals surface area (Å²) in [6, 6.07) is 3.06. The van der Waals surface area contributed by atoms with E-state index in [4.69, 9.17) is 4.74 Å². The van der Waals surface area contributed by atoms with E-state index in [1.54, 1.807) is 13.8 Å². The molecular formula is C12H14F2O2. The van der Waals surface area contributed by atoms with Gasteiger partial charge in [0.25, 0.3) is 0 Å². The second-order valence-corrected chi connectivity index (χ2v) is 4.09. The highest BCUT2D eigenvalue weighted by Gasteiger charge is 2.26. The number of hydrogen-bond donors (Lipinski definition) is 0. The van der Waals surface area contributed by atoms with Gasteiger partial charge >= 0.3 is 0 Å². The number of methoxy groups -OCH3 is 1. The van der Waals surface area contributed by atoms with E-state index < -0.39 is 17.2 Å². The van der Waals surface area contributed by atoms with Crippen molar-refractivity contribution in [2.24, 2.45) is 0 Å². The minimum Gasteiger partial charge on any atom is -0.371 e. The van der Waals surface area contributed by atoms with Gasteiger partial charge in [-0.05, 0) is 31.5 Å². The highest BCUT2D eigenvalue weighted by molar-refractivity contribution is 5.88. The zero-order valence-electron chi connectivity index (χ0n) is 9.51. The van der Waals surface area contributed by atoms with Crippen molar-refractivity contribution in [1.82, 2.24) is 0 Å². The van der Waals surface area contributed by atoms with Gasteiger partial charge in [0, 0.05) is 19.6 Å². The zero-order chi connectivity index (χ0) is 12.3. The van der Waals surface area contributed by atoms with Gasteiger partial charge in [-0.1, -0.05) is 0 Å². The largest absolute Gasteiger partial charge is 0.371 e. The summed E-state index contributed by atoms with van der Waals surface area (Å²) in [5, 5.41) is 0. The van der Waals surface area contributed by atoms with E-state index in [-0.39, 0.29) is 12.2 Å². The van der Waals surface area contributed by atoms with Crippen LogP contribution in [0.1, 0.15) is 19.4 Å². The normalized spacial score (nSPS) is 11.6. The van der Waals surface area contributed by atoms with Crippen molar-refractivity contribution < 1.29 is 18.3 Å². The number of ketones is 1. The van der Waals surface area contributed by atoms with Crippen molar-refractivity contribution in [1.29, 1.82) is 0 Å². The Morgan fingerprint density at radius 2 is 1.75 bits per heavy atom. The molecule has 0 unspecified atom stereocenters. The molecule has 1 aromatic carbocycles. The fourth-order valence-corrected chi connectivity index (χ4v) is 1.23. The summed E-state index contributed by atoms with van der Waals surface area (Å²) in [6.07, 6.45) is -0.0461. The summed E-state index contributed by atoms with van der Waals surface area (Å²) in [5.74, 6) is -1.59. The third-order valence-electron chi connectivity index (χ3n) is 2.47. The summed E-state index contributed by atoms with van der Waals surface area (Å²) in [4.78, 5) is 11.7. The SMILES string of the molecule is COC(C)(C)C(=O)Cc1cc(F)cc(F)c1. The van der Waals surface area contributed by atoms with Crippen LogP contribution in [0.2, 0.25) is 0 Å². The number of rotatable bonds is 4. The smallest absolute Gasteiger partial charge is 0.168 e. The molecule has 0 aromatic heterocycles. The van der Waals surface area contributed by atoms with Crippen LogP contribution in [0.5, 0.6) is 0 Å². The van der Waals surface area contributed by atoms with Gasteiger partial charge in [-0.2, -0.15) is 0 Å². The van der Waals surface area contributed by atoms with Crippen LogP contribution in [0.15, 0.2) is 18.2 Å². The number of hydrogen-bond acceptors (Lipinski definition) is 2. The predicted molar refractivity (Wildman–Crippen MR) is 56.2 cm³/mol. The fourth-order valence-electron chi connectivity index (χ4n) is 1.23. The van der Waals surface area contributed by atoms with Gasteiger partial charge < -0.3 is 4.74 Å². The lowest BCUT2D eigenvalue weighted by Gasteiger charge is -2.21. The van der Waals surface area contributed by atoms with Crippen molar-refractivity contribution in [3.8, 4) is 0 Å². The first-order valence-corrected chi connectivity index (χ1v) is 4.88. The van der Waals surface area contributed by atoms with Crippen molar-refractivity contribution in [3.05, 3.63) is 35.4 Å². The average molecular weight is 228 g/mol. The molecule has 16 heavy (non-hydrogen) atoms. The highest BCUT2D eigenvalue weighted by atomic mass is 19.1. The lowest BCUT2D eigenvalue weighted by Crippen LogP contribution is -2.35. The van der Waals surface area contributed by atoms with Gasteiger partial charge in [0.1, 0.15) is 17.2 Å². The molecule has 0 N–H and O–H groups in total. The van der Waals surface area contributed by atoms with E-state index in [0.29, 0.717) is 5.56 Å². The van der Waals surface area contributed by atoms with E-state index in [0.717, 1.165) is 18.2 Å². The molecule has 0 radical (unpaired) electrons. The Morgan fingerprint density at radius 3 is 2.19 bits per heavy atom. The first-order chi connectivity index (χ1) is 7.35. The Hall–Kier alpha value is -1.29. The fraction of sp³-hybridized carbons (Fsp3) is 0.417. The molecule has 0 aliphatic rings. The topological polar surface area (TPSA) is 26.3 Å². The van der Waals surface area contributed by atoms with Crippen molar-refractivity contribution in [3.63, 3.8) is 0 Å². The van der Waals surface area contributed by atoms with Crippen LogP contribution in [-0.4, -0.2) is 18.5 Å². The van der Waals surface area contributed by atoms with Crippen LogP contribution in [0.4, 0.5) is 8.78 Å². The maximum Gasteiger partial charge on any atom is 0.168 e. The predicted octanol–water partition coefficient (Wildman–Crippen LogP) is 2.50. The van der Waals surface area contributed by atoms with Crippen LogP contribution >= 0.6 is 0 Å². The lowest BCUT2D eigenvalue weighted by atomic mass is 9.97. The summed E-state index contributed by atoms with van der Waals surface area (Å²) in [5.41, 5.74) is -0.629. The van der Waals surface area contributed by atoms with Crippen molar-refractivity contribution in [2.45, 2.75) is 25.9 Å². The van der Waals surface area contributed by atoms with Gasteiger partial charge in [-0.15, -0.1) is 0 Å². The van der Waals surface area contributed by atoms with Crippen LogP contribution < -0.4 is 0 Å². The van der Waals surface area contributed by atoms with E-state index in [9.17, 15) is 13.6 Å². The van der Waals surface area contributed by atoms with Gasteiger partial charge in [-0.3, -0.25) is 4.79 Å². The van der Waals surface area contributed by atoms with Gasteiger partial charge in [-0.25, -0.2) is 8.78 Å². The first kappa shape index (κ1) is 12.8. The molecule has 1 rings (SSSR count). The number of benzene rings is 1. The molecule has 0 aliphatic carbocycles. The van der Waals surface area contributed by atoms with Crippen LogP contribution in [0.3, 0.4) is 0 Å². The van der Waals surface area contributed by atoms with Gasteiger partial charge in [0.15, 0.2) is 5.78 Å². The number of carbonyl (C=O) groups is 1. The number of halogens is 2. The number of carbonyl (C=O) groups excluding carboxylic acids is 1. The molecule has 0 fully saturated rings. The Labute approximate surface area is 93.2 Å². The molecule has 0 saturated carbocycles. The van der Waals surface area contributed by atoms with Gasteiger partial charge in [0.2, 0.25) is 0 Å². The van der Waals surface area contributed by atoms with Crippen molar-refractivity contribution in [2.75, 3.05) is 7.11 Å². The second-order valence-electron chi connectivity index (χ2n) is 4.09. The van der Waals surface area contributed by atoms with Crippen LogP contribution in [-0.2, 0) is 16.0 Å². The Morgan fingerprint density at radius 1 is 1.25 bits per heavy atom. The molecule has 0 aliphatic heterocycles. The zero-order valence-corrected chi connectivity index (χ0v) is 9.51. The molecule has 0 bridgehead atoms. The molecular weight excluding hydrogens is 214 g/mol. The van der Waals surface area contributed by atoms with Crippen molar-refractivity contribution >= 4 is 5.78 Å². The summed E-state index contributed by atoms with van der Waals surface area (Å²) in [6.45, 7) is 3.23. The van der Waals surface area contributed by atoms with E-state index in [2.05, 4.69) is 0 Å². The molecule has 1 aromatic rings. The molecule has 0 heterocycles. The van der Waals surface area contributed by atoms with Crippen LogP contribution in [0, 0.1) is 11.6 Å². The molecule has 0 saturated heterocycles. The summed E-state index contributed by atoms with van der Waals surface area (Å²) >= 11 is 0. The van der Waals surface area contributed by atoms with E-state index in [1.165, 1.54) is 7.11 Å². The minimum atomic E-state index is -0.942. The molecule has 0 amide bonds. The Kier molecular flexibility index (Phi) is 3.75. The standard InChI is InChI=1S/C12H14F2O2/c1-12(2,16-3)11(15)6-8-4-9(13)7-10(14)5-8/h4-5,7H,6H2,1-3H3. The monoisotopic (exact) mass is 228 g/mol. The third-order valence-corrected chi connectivity index (χ3v) is 2.47. The van der Waals surface area contributed by atoms with E-state index in [1.807, 2.05) is 0 Å². The summed E-state index contributed by atoms with van der Waals surface area (Å²) < 4.78 is 30.7. The van der Waals surface area contributed by atoms with E-state index >= 15 is 0 Å². The number of Topliss-reactive ketones (excluding diaryl/α,β-unsaturated/α-hetero) is 1. The quantitative estimate of drug-likeness (QED) is 0.791. The lowest BCUT2D eigenvalue weighted by molar-refractivity contribution is -0.136. The average Bonchev–Trinajstić information content (AvgIpc) is 2.15. The number of ether oxygens (including phenoxy) is 1. The second kappa shape index (κ2) is 4.70. The Balaban J connectivity index is 2.85. The molecule has 0 spiro atoms. The highest BCUT2D eigenvalue weighted by Crippen LogP contribution is 2.15. The molecule has 88 valence electrons. The molecule has 0 atom stereocenters.